The number of rotatable bonds is 2. The molecule has 2 rings (SSSR count). The summed E-state index contributed by atoms with van der Waals surface area (Å²) in [7, 11) is 0. The first-order chi connectivity index (χ1) is 8.13. The van der Waals surface area contributed by atoms with Gasteiger partial charge in [-0.1, -0.05) is 27.5 Å². The van der Waals surface area contributed by atoms with Crippen LogP contribution in [-0.4, -0.2) is 28.7 Å². The van der Waals surface area contributed by atoms with Gasteiger partial charge < -0.3 is 4.90 Å². The van der Waals surface area contributed by atoms with Crippen molar-refractivity contribution in [3.05, 3.63) is 33.3 Å². The van der Waals surface area contributed by atoms with Crippen molar-refractivity contribution in [1.82, 2.24) is 4.90 Å². The molecule has 0 aliphatic carbocycles. The first kappa shape index (κ1) is 13.4. The van der Waals surface area contributed by atoms with Gasteiger partial charge in [0.25, 0.3) is 5.91 Å². The Balaban J connectivity index is 2.21. The van der Waals surface area contributed by atoms with E-state index in [0.717, 1.165) is 29.2 Å². The quantitative estimate of drug-likeness (QED) is 0.707. The van der Waals surface area contributed by atoms with E-state index in [1.54, 1.807) is 6.07 Å². The van der Waals surface area contributed by atoms with Gasteiger partial charge in [0, 0.05) is 28.0 Å². The maximum atomic E-state index is 12.3. The van der Waals surface area contributed by atoms with Crippen LogP contribution in [0.4, 0.5) is 0 Å². The molecule has 0 bridgehead atoms. The minimum atomic E-state index is 0.0707. The number of nitrogens with zero attached hydrogens (tertiary/aromatic N) is 1. The molecule has 0 N–H and O–H groups in total. The molecule has 1 amide bonds. The minimum Gasteiger partial charge on any atom is -0.335 e. The van der Waals surface area contributed by atoms with E-state index in [4.69, 9.17) is 11.6 Å². The maximum Gasteiger partial charge on any atom is 0.254 e. The van der Waals surface area contributed by atoms with Crippen LogP contribution in [0.5, 0.6) is 0 Å². The molecule has 1 saturated heterocycles. The molecule has 1 aromatic rings. The third-order valence-corrected chi connectivity index (χ3v) is 4.96. The molecule has 1 atom stereocenters. The van der Waals surface area contributed by atoms with Crippen LogP contribution in [0.2, 0.25) is 5.02 Å². The largest absolute Gasteiger partial charge is 0.335 e. The average Bonchev–Trinajstić information content (AvgIpc) is 2.80. The number of likely N-dealkylation sites (tertiary alicyclic amines) is 1. The summed E-state index contributed by atoms with van der Waals surface area (Å²) in [5, 5.41) is 1.41. The third kappa shape index (κ3) is 2.85. The molecule has 1 aliphatic heterocycles. The highest BCUT2D eigenvalue weighted by atomic mass is 79.9. The Kier molecular flexibility index (Phi) is 4.50. The number of alkyl halides is 1. The predicted molar refractivity (Wildman–Crippen MR) is 77.0 cm³/mol. The molecule has 1 unspecified atom stereocenters. The van der Waals surface area contributed by atoms with Crippen molar-refractivity contribution < 1.29 is 4.79 Å². The lowest BCUT2D eigenvalue weighted by atomic mass is 10.2. The average molecular weight is 381 g/mol. The molecule has 1 fully saturated rings. The molecular weight excluding hydrogens is 369 g/mol. The topological polar surface area (TPSA) is 20.3 Å². The fourth-order valence-corrected chi connectivity index (χ4v) is 3.16. The first-order valence-electron chi connectivity index (χ1n) is 5.45. The van der Waals surface area contributed by atoms with Crippen LogP contribution in [0, 0.1) is 0 Å². The second-order valence-corrected chi connectivity index (χ2v) is 5.99. The predicted octanol–water partition coefficient (Wildman–Crippen LogP) is 4.10. The second kappa shape index (κ2) is 5.72. The van der Waals surface area contributed by atoms with Gasteiger partial charge in [0.15, 0.2) is 0 Å². The van der Waals surface area contributed by atoms with Gasteiger partial charge in [-0.15, -0.1) is 0 Å². The van der Waals surface area contributed by atoms with Crippen LogP contribution >= 0.6 is 43.5 Å². The Hall–Kier alpha value is -0.0600. The maximum absolute atomic E-state index is 12.3. The van der Waals surface area contributed by atoms with E-state index in [1.165, 1.54) is 0 Å². The molecule has 1 aromatic carbocycles. The van der Waals surface area contributed by atoms with E-state index in [1.807, 2.05) is 17.0 Å². The smallest absolute Gasteiger partial charge is 0.254 e. The SMILES string of the molecule is O=C(c1ccc(Br)c(Cl)c1)N1CCCC1CBr. The summed E-state index contributed by atoms with van der Waals surface area (Å²) in [6.07, 6.45) is 2.15. The van der Waals surface area contributed by atoms with Gasteiger partial charge >= 0.3 is 0 Å². The van der Waals surface area contributed by atoms with Crippen LogP contribution in [0.1, 0.15) is 23.2 Å². The van der Waals surface area contributed by atoms with Crippen molar-refractivity contribution in [2.24, 2.45) is 0 Å². The highest BCUT2D eigenvalue weighted by Gasteiger charge is 2.28. The molecule has 1 aliphatic rings. The fourth-order valence-electron chi connectivity index (χ4n) is 2.06. The lowest BCUT2D eigenvalue weighted by molar-refractivity contribution is 0.0750. The number of halogens is 3. The highest BCUT2D eigenvalue weighted by molar-refractivity contribution is 9.10. The van der Waals surface area contributed by atoms with Crippen molar-refractivity contribution in [2.45, 2.75) is 18.9 Å². The summed E-state index contributed by atoms with van der Waals surface area (Å²) >= 11 is 12.8. The van der Waals surface area contributed by atoms with Crippen molar-refractivity contribution in [3.8, 4) is 0 Å². The Bertz CT molecular complexity index is 439. The Morgan fingerprint density at radius 3 is 2.94 bits per heavy atom. The minimum absolute atomic E-state index is 0.0707. The zero-order chi connectivity index (χ0) is 12.4. The van der Waals surface area contributed by atoms with E-state index < -0.39 is 0 Å². The monoisotopic (exact) mass is 379 g/mol. The molecule has 0 aromatic heterocycles. The van der Waals surface area contributed by atoms with Gasteiger partial charge in [0.05, 0.1) is 5.02 Å². The van der Waals surface area contributed by atoms with Gasteiger partial charge in [-0.25, -0.2) is 0 Å². The Morgan fingerprint density at radius 2 is 2.29 bits per heavy atom. The second-order valence-electron chi connectivity index (χ2n) is 4.08. The molecule has 2 nitrogen and oxygen atoms in total. The molecule has 17 heavy (non-hydrogen) atoms. The van der Waals surface area contributed by atoms with Crippen molar-refractivity contribution in [3.63, 3.8) is 0 Å². The van der Waals surface area contributed by atoms with E-state index in [9.17, 15) is 4.79 Å². The summed E-state index contributed by atoms with van der Waals surface area (Å²) in [6.45, 7) is 0.836. The number of amides is 1. The van der Waals surface area contributed by atoms with Gasteiger partial charge in [-0.3, -0.25) is 4.79 Å². The standard InChI is InChI=1S/C12H12Br2ClNO/c13-7-9-2-1-5-16(9)12(17)8-3-4-10(14)11(15)6-8/h3-4,6,9H,1-2,5,7H2. The summed E-state index contributed by atoms with van der Waals surface area (Å²) in [6, 6.07) is 5.65. The van der Waals surface area contributed by atoms with E-state index in [0.29, 0.717) is 16.6 Å². The van der Waals surface area contributed by atoms with Crippen molar-refractivity contribution in [1.29, 1.82) is 0 Å². The molecule has 1 heterocycles. The van der Waals surface area contributed by atoms with Crippen LogP contribution < -0.4 is 0 Å². The molecule has 5 heteroatoms. The Labute approximate surface area is 123 Å². The molecule has 0 radical (unpaired) electrons. The number of hydrogen-bond acceptors (Lipinski definition) is 1. The van der Waals surface area contributed by atoms with Gasteiger partial charge in [0.1, 0.15) is 0 Å². The number of carbonyl (C=O) groups is 1. The summed E-state index contributed by atoms with van der Waals surface area (Å²) in [5.41, 5.74) is 0.658. The molecular formula is C12H12Br2ClNO. The van der Waals surface area contributed by atoms with Gasteiger partial charge in [0.2, 0.25) is 0 Å². The van der Waals surface area contributed by atoms with Crippen LogP contribution in [0.15, 0.2) is 22.7 Å². The van der Waals surface area contributed by atoms with Gasteiger partial charge in [-0.2, -0.15) is 0 Å². The number of carbonyl (C=O) groups excluding carboxylic acids is 1. The zero-order valence-electron chi connectivity index (χ0n) is 9.13. The van der Waals surface area contributed by atoms with E-state index in [2.05, 4.69) is 31.9 Å². The van der Waals surface area contributed by atoms with Crippen LogP contribution in [0.3, 0.4) is 0 Å². The lowest BCUT2D eigenvalue weighted by Crippen LogP contribution is -2.36. The van der Waals surface area contributed by atoms with Crippen LogP contribution in [0.25, 0.3) is 0 Å². The van der Waals surface area contributed by atoms with Gasteiger partial charge in [-0.05, 0) is 47.0 Å². The number of hydrogen-bond donors (Lipinski definition) is 0. The normalized spacial score (nSPS) is 19.7. The number of benzene rings is 1. The lowest BCUT2D eigenvalue weighted by Gasteiger charge is -2.23. The van der Waals surface area contributed by atoms with E-state index in [-0.39, 0.29) is 5.91 Å². The Morgan fingerprint density at radius 1 is 1.53 bits per heavy atom. The summed E-state index contributed by atoms with van der Waals surface area (Å²) in [5.74, 6) is 0.0707. The third-order valence-electron chi connectivity index (χ3n) is 2.98. The zero-order valence-corrected chi connectivity index (χ0v) is 13.1. The highest BCUT2D eigenvalue weighted by Crippen LogP contribution is 2.26. The van der Waals surface area contributed by atoms with Crippen molar-refractivity contribution >= 4 is 49.4 Å². The fraction of sp³-hybridized carbons (Fsp3) is 0.417. The van der Waals surface area contributed by atoms with Crippen LogP contribution in [-0.2, 0) is 0 Å². The molecule has 0 saturated carbocycles. The molecule has 0 spiro atoms. The summed E-state index contributed by atoms with van der Waals surface area (Å²) < 4.78 is 0.814. The van der Waals surface area contributed by atoms with Crippen molar-refractivity contribution in [2.75, 3.05) is 11.9 Å². The van der Waals surface area contributed by atoms with E-state index >= 15 is 0 Å². The first-order valence-corrected chi connectivity index (χ1v) is 7.74. The molecule has 92 valence electrons. The summed E-state index contributed by atoms with van der Waals surface area (Å²) in [4.78, 5) is 14.2.